The number of rotatable bonds is 13. The zero-order valence-corrected chi connectivity index (χ0v) is 29.8. The molecule has 3 aromatic rings. The number of nitrogens with one attached hydrogen (secondary N) is 1. The zero-order chi connectivity index (χ0) is 34.4. The van der Waals surface area contributed by atoms with Crippen molar-refractivity contribution in [2.75, 3.05) is 32.2 Å². The minimum absolute atomic E-state index is 0.000974. The third kappa shape index (κ3) is 8.70. The van der Waals surface area contributed by atoms with Gasteiger partial charge in [-0.2, -0.15) is 0 Å². The van der Waals surface area contributed by atoms with Gasteiger partial charge in [-0.1, -0.05) is 47.8 Å². The number of nitrogens with zero attached hydrogens (tertiary/aromatic N) is 2. The number of amides is 2. The maximum Gasteiger partial charge on any atom is 0.265 e. The van der Waals surface area contributed by atoms with Gasteiger partial charge in [0.1, 0.15) is 18.3 Å². The molecule has 250 valence electrons. The SMILES string of the molecule is CCC(C(=O)NC(C)(C)C)N(Cc1c(Cl)cccc1Cl)C(=O)CN(c1cc(Cl)ccc1OC)S(=O)(=O)c1ccc(OC)c(OC)c1. The van der Waals surface area contributed by atoms with E-state index in [0.29, 0.717) is 11.3 Å². The summed E-state index contributed by atoms with van der Waals surface area (Å²) >= 11 is 19.3. The van der Waals surface area contributed by atoms with Crippen molar-refractivity contribution in [3.05, 3.63) is 75.2 Å². The number of carbonyl (C=O) groups excluding carboxylic acids is 2. The number of carbonyl (C=O) groups is 2. The lowest BCUT2D eigenvalue weighted by atomic mass is 10.1. The molecule has 1 atom stereocenters. The van der Waals surface area contributed by atoms with Gasteiger partial charge >= 0.3 is 0 Å². The highest BCUT2D eigenvalue weighted by Gasteiger charge is 2.36. The zero-order valence-electron chi connectivity index (χ0n) is 26.7. The topological polar surface area (TPSA) is 114 Å². The molecule has 0 spiro atoms. The summed E-state index contributed by atoms with van der Waals surface area (Å²) in [7, 11) is -0.335. The van der Waals surface area contributed by atoms with E-state index in [9.17, 15) is 18.0 Å². The van der Waals surface area contributed by atoms with E-state index < -0.39 is 40.0 Å². The molecule has 0 aliphatic rings. The number of halogens is 3. The smallest absolute Gasteiger partial charge is 0.265 e. The third-order valence-electron chi connectivity index (χ3n) is 6.91. The van der Waals surface area contributed by atoms with Crippen LogP contribution in [0.5, 0.6) is 17.2 Å². The van der Waals surface area contributed by atoms with Gasteiger partial charge in [-0.15, -0.1) is 0 Å². The second-order valence-corrected chi connectivity index (χ2v) is 14.3. The second kappa shape index (κ2) is 15.5. The van der Waals surface area contributed by atoms with Crippen LogP contribution in [0.25, 0.3) is 0 Å². The van der Waals surface area contributed by atoms with E-state index in [4.69, 9.17) is 49.0 Å². The average Bonchev–Trinajstić information content (AvgIpc) is 2.99. The fourth-order valence-electron chi connectivity index (χ4n) is 4.70. The van der Waals surface area contributed by atoms with Crippen LogP contribution in [0.15, 0.2) is 59.5 Å². The number of sulfonamides is 1. The molecule has 0 saturated heterocycles. The molecule has 0 aromatic heterocycles. The minimum atomic E-state index is -4.50. The Bertz CT molecular complexity index is 1660. The first kappa shape index (κ1) is 37.1. The number of methoxy groups -OCH3 is 3. The Morgan fingerprint density at radius 3 is 2.00 bits per heavy atom. The summed E-state index contributed by atoms with van der Waals surface area (Å²) in [6.45, 7) is 6.28. The molecule has 1 unspecified atom stereocenters. The highest BCUT2D eigenvalue weighted by atomic mass is 35.5. The Hall–Kier alpha value is -3.38. The van der Waals surface area contributed by atoms with E-state index in [2.05, 4.69) is 5.32 Å². The van der Waals surface area contributed by atoms with Crippen molar-refractivity contribution in [2.24, 2.45) is 0 Å². The second-order valence-electron chi connectivity index (χ2n) is 11.2. The summed E-state index contributed by atoms with van der Waals surface area (Å²) in [5.74, 6) is -0.533. The summed E-state index contributed by atoms with van der Waals surface area (Å²) in [5, 5.41) is 3.68. The number of hydrogen-bond acceptors (Lipinski definition) is 7. The maximum absolute atomic E-state index is 14.4. The fourth-order valence-corrected chi connectivity index (χ4v) is 6.82. The van der Waals surface area contributed by atoms with Gasteiger partial charge in [0.15, 0.2) is 11.5 Å². The lowest BCUT2D eigenvalue weighted by Gasteiger charge is -2.35. The molecule has 46 heavy (non-hydrogen) atoms. The molecule has 0 aliphatic heterocycles. The van der Waals surface area contributed by atoms with E-state index in [-0.39, 0.29) is 50.1 Å². The van der Waals surface area contributed by atoms with Gasteiger partial charge in [-0.25, -0.2) is 8.42 Å². The van der Waals surface area contributed by atoms with Crippen LogP contribution in [0.3, 0.4) is 0 Å². The molecule has 0 bridgehead atoms. The van der Waals surface area contributed by atoms with Crippen LogP contribution in [0.1, 0.15) is 39.7 Å². The Morgan fingerprint density at radius 2 is 1.46 bits per heavy atom. The predicted octanol–water partition coefficient (Wildman–Crippen LogP) is 6.59. The first-order chi connectivity index (χ1) is 21.6. The summed E-state index contributed by atoms with van der Waals surface area (Å²) in [5.41, 5.74) is -0.213. The van der Waals surface area contributed by atoms with Crippen LogP contribution in [0.4, 0.5) is 5.69 Å². The van der Waals surface area contributed by atoms with E-state index in [1.807, 2.05) is 20.8 Å². The Morgan fingerprint density at radius 1 is 0.870 bits per heavy atom. The van der Waals surface area contributed by atoms with Crippen molar-refractivity contribution >= 4 is 62.3 Å². The van der Waals surface area contributed by atoms with Gasteiger partial charge in [-0.3, -0.25) is 13.9 Å². The van der Waals surface area contributed by atoms with Crippen molar-refractivity contribution in [3.8, 4) is 17.2 Å². The van der Waals surface area contributed by atoms with Crippen LogP contribution in [0.2, 0.25) is 15.1 Å². The van der Waals surface area contributed by atoms with Crippen molar-refractivity contribution in [1.82, 2.24) is 10.2 Å². The van der Waals surface area contributed by atoms with Crippen LogP contribution in [-0.2, 0) is 26.2 Å². The summed E-state index contributed by atoms with van der Waals surface area (Å²) in [4.78, 5) is 29.1. The van der Waals surface area contributed by atoms with Crippen LogP contribution in [0, 0.1) is 0 Å². The average molecular weight is 715 g/mol. The van der Waals surface area contributed by atoms with Gasteiger partial charge in [-0.05, 0) is 69.7 Å². The number of anilines is 1. The molecule has 0 saturated carbocycles. The summed E-state index contributed by atoms with van der Waals surface area (Å²) < 4.78 is 45.8. The summed E-state index contributed by atoms with van der Waals surface area (Å²) in [6.07, 6.45) is 0.207. The normalized spacial score (nSPS) is 12.2. The number of hydrogen-bond donors (Lipinski definition) is 1. The highest BCUT2D eigenvalue weighted by Crippen LogP contribution is 2.37. The van der Waals surface area contributed by atoms with Crippen LogP contribution < -0.4 is 23.8 Å². The third-order valence-corrected chi connectivity index (χ3v) is 9.60. The maximum atomic E-state index is 14.4. The molecule has 2 amide bonds. The molecule has 10 nitrogen and oxygen atoms in total. The minimum Gasteiger partial charge on any atom is -0.495 e. The van der Waals surface area contributed by atoms with Crippen LogP contribution in [-0.4, -0.2) is 64.6 Å². The quantitative estimate of drug-likeness (QED) is 0.213. The van der Waals surface area contributed by atoms with Gasteiger partial charge in [0.05, 0.1) is 31.9 Å². The van der Waals surface area contributed by atoms with Crippen molar-refractivity contribution in [3.63, 3.8) is 0 Å². The number of ether oxygens (including phenoxy) is 3. The monoisotopic (exact) mass is 713 g/mol. The lowest BCUT2D eigenvalue weighted by molar-refractivity contribution is -0.141. The largest absolute Gasteiger partial charge is 0.495 e. The van der Waals surface area contributed by atoms with E-state index in [1.54, 1.807) is 25.1 Å². The molecule has 14 heteroatoms. The van der Waals surface area contributed by atoms with Crippen molar-refractivity contribution in [1.29, 1.82) is 0 Å². The molecule has 0 heterocycles. The molecule has 0 aliphatic carbocycles. The molecule has 3 aromatic carbocycles. The highest BCUT2D eigenvalue weighted by molar-refractivity contribution is 7.92. The van der Waals surface area contributed by atoms with Crippen molar-refractivity contribution in [2.45, 2.75) is 57.1 Å². The van der Waals surface area contributed by atoms with E-state index >= 15 is 0 Å². The number of benzene rings is 3. The van der Waals surface area contributed by atoms with Crippen molar-refractivity contribution < 1.29 is 32.2 Å². The van der Waals surface area contributed by atoms with Gasteiger partial charge in [0.25, 0.3) is 10.0 Å². The summed E-state index contributed by atoms with van der Waals surface area (Å²) in [6, 6.07) is 12.3. The molecule has 3 rings (SSSR count). The standard InChI is InChI=1S/C32H38Cl3N3O7S/c1-8-25(31(40)36-32(2,3)4)37(18-22-23(34)10-9-11-24(22)35)30(39)19-38(26-16-20(33)12-14-27(26)43-5)46(41,42)21-13-15-28(44-6)29(17-21)45-7/h9-17,25H,8,18-19H2,1-7H3,(H,36,40). The Balaban J connectivity index is 2.22. The predicted molar refractivity (Wildman–Crippen MR) is 181 cm³/mol. The van der Waals surface area contributed by atoms with E-state index in [0.717, 1.165) is 4.31 Å². The fraction of sp³-hybridized carbons (Fsp3) is 0.375. The molecule has 1 N–H and O–H groups in total. The lowest BCUT2D eigenvalue weighted by Crippen LogP contribution is -2.55. The molecular formula is C32H38Cl3N3O7S. The van der Waals surface area contributed by atoms with Gasteiger partial charge in [0.2, 0.25) is 11.8 Å². The molecule has 0 fully saturated rings. The van der Waals surface area contributed by atoms with Gasteiger partial charge < -0.3 is 24.4 Å². The van der Waals surface area contributed by atoms with E-state index in [1.165, 1.54) is 62.6 Å². The molecule has 0 radical (unpaired) electrons. The Kier molecular flexibility index (Phi) is 12.5. The Labute approximate surface area is 285 Å². The van der Waals surface area contributed by atoms with Gasteiger partial charge in [0, 0.05) is 38.8 Å². The molecular weight excluding hydrogens is 677 g/mol. The first-order valence-electron chi connectivity index (χ1n) is 14.2. The van der Waals surface area contributed by atoms with Crippen LogP contribution >= 0.6 is 34.8 Å². The first-order valence-corrected chi connectivity index (χ1v) is 16.8.